The van der Waals surface area contributed by atoms with Gasteiger partial charge in [-0.2, -0.15) is 0 Å². The first-order valence-corrected chi connectivity index (χ1v) is 38.7. The number of amides is 1. The molecule has 0 aromatic carbocycles. The SMILES string of the molecule is CC/C=C\C/C=C\C/C=C\C/C=C\C/C=C\CCCCCCCCCC(=O)NC(COP(=O)(O)OCC[N+](C)(C)C)C(/C=C/CCCCCCCCCCCCC)OC(=O)CCCCCCCCCCCCCCCC/C=C\C/C=C\C/C=C\CCCCC. The van der Waals surface area contributed by atoms with Crippen LogP contribution >= 0.6 is 7.82 Å². The Morgan fingerprint density at radius 3 is 1.10 bits per heavy atom. The molecule has 0 spiro atoms. The standard InChI is InChI=1S/C79H141N2O7P/c1-7-10-13-16-19-22-25-28-30-32-34-36-38-39-40-41-43-45-47-49-51-54-57-60-63-66-69-72-79(83)88-77(70-67-64-61-58-55-52-27-24-21-18-15-12-9-3)76(75-87-89(84,85)86-74-73-81(4,5)6)80-78(82)71-68-65-62-59-56-53-50-48-46-44-42-37-35-33-31-29-26-23-20-17-14-11-8-2/h11,14,19-20,22-23,28-31,34-37,44,46,67,70,76-77H,7-10,12-13,15-18,21,24-27,32-33,38-43,45,47-66,68-69,71-75H2,1-6H3,(H-,80,82,84,85)/p+1/b14-11-,22-19-,23-20-,30-28-,31-29-,36-34-,37-35-,46-44-,70-67+. The van der Waals surface area contributed by atoms with E-state index < -0.39 is 20.0 Å². The number of ether oxygens (including phenoxy) is 1. The molecule has 0 aromatic heterocycles. The molecule has 2 N–H and O–H groups in total. The van der Waals surface area contributed by atoms with Crippen molar-refractivity contribution in [3.63, 3.8) is 0 Å². The van der Waals surface area contributed by atoms with Gasteiger partial charge in [0.25, 0.3) is 0 Å². The molecule has 3 unspecified atom stereocenters. The van der Waals surface area contributed by atoms with Crippen molar-refractivity contribution in [2.75, 3.05) is 40.9 Å². The average molecular weight is 1260 g/mol. The predicted octanol–water partition coefficient (Wildman–Crippen LogP) is 24.0. The summed E-state index contributed by atoms with van der Waals surface area (Å²) in [7, 11) is 1.48. The number of unbranched alkanes of at least 4 members (excludes halogenated alkanes) is 35. The van der Waals surface area contributed by atoms with Crippen molar-refractivity contribution < 1.29 is 37.3 Å². The molecule has 0 rings (SSSR count). The largest absolute Gasteiger partial charge is 0.472 e. The van der Waals surface area contributed by atoms with E-state index in [1.165, 1.54) is 180 Å². The molecule has 0 aliphatic carbocycles. The van der Waals surface area contributed by atoms with Crippen molar-refractivity contribution in [1.82, 2.24) is 5.32 Å². The van der Waals surface area contributed by atoms with Crippen molar-refractivity contribution in [3.05, 3.63) is 109 Å². The number of nitrogens with zero attached hydrogens (tertiary/aromatic N) is 1. The van der Waals surface area contributed by atoms with Gasteiger partial charge in [0.1, 0.15) is 19.3 Å². The summed E-state index contributed by atoms with van der Waals surface area (Å²) in [5.41, 5.74) is 0. The Labute approximate surface area is 551 Å². The summed E-state index contributed by atoms with van der Waals surface area (Å²) in [6.45, 7) is 6.89. The first-order chi connectivity index (χ1) is 43.4. The maximum atomic E-state index is 13.6. The van der Waals surface area contributed by atoms with Crippen LogP contribution in [0.15, 0.2) is 109 Å². The summed E-state index contributed by atoms with van der Waals surface area (Å²) in [5.74, 6) is -0.514. The molecule has 0 heterocycles. The molecule has 0 aromatic rings. The second kappa shape index (κ2) is 67.6. The highest BCUT2D eigenvalue weighted by atomic mass is 31.2. The zero-order valence-electron chi connectivity index (χ0n) is 58.9. The smallest absolute Gasteiger partial charge is 0.456 e. The summed E-state index contributed by atoms with van der Waals surface area (Å²) in [4.78, 5) is 38.0. The van der Waals surface area contributed by atoms with E-state index in [9.17, 15) is 19.0 Å². The van der Waals surface area contributed by atoms with Gasteiger partial charge in [-0.15, -0.1) is 0 Å². The van der Waals surface area contributed by atoms with E-state index in [1.54, 1.807) is 0 Å². The topological polar surface area (TPSA) is 111 Å². The molecule has 0 aliphatic rings. The number of phosphoric ester groups is 1. The van der Waals surface area contributed by atoms with Gasteiger partial charge in [0.15, 0.2) is 0 Å². The van der Waals surface area contributed by atoms with Crippen LogP contribution < -0.4 is 5.32 Å². The lowest BCUT2D eigenvalue weighted by Gasteiger charge is -2.27. The quantitative estimate of drug-likeness (QED) is 0.0205. The monoisotopic (exact) mass is 1260 g/mol. The van der Waals surface area contributed by atoms with Crippen LogP contribution in [-0.4, -0.2) is 74.3 Å². The number of carbonyl (C=O) groups is 2. The average Bonchev–Trinajstić information content (AvgIpc) is 3.64. The molecule has 3 atom stereocenters. The van der Waals surface area contributed by atoms with Crippen molar-refractivity contribution in [2.24, 2.45) is 0 Å². The van der Waals surface area contributed by atoms with Crippen molar-refractivity contribution >= 4 is 19.7 Å². The third kappa shape index (κ3) is 68.9. The molecule has 89 heavy (non-hydrogen) atoms. The van der Waals surface area contributed by atoms with Gasteiger partial charge in [0.05, 0.1) is 33.8 Å². The number of nitrogens with one attached hydrogen (secondary N) is 1. The zero-order valence-corrected chi connectivity index (χ0v) is 59.8. The third-order valence-electron chi connectivity index (χ3n) is 16.2. The molecule has 0 aliphatic heterocycles. The number of quaternary nitrogens is 1. The Morgan fingerprint density at radius 2 is 0.719 bits per heavy atom. The second-order valence-electron chi connectivity index (χ2n) is 26.1. The van der Waals surface area contributed by atoms with Crippen molar-refractivity contribution in [3.8, 4) is 0 Å². The fraction of sp³-hybridized carbons (Fsp3) is 0.747. The normalized spacial score (nSPS) is 14.1. The Hall–Kier alpha value is -3.33. The minimum absolute atomic E-state index is 0.0337. The van der Waals surface area contributed by atoms with Gasteiger partial charge in [0, 0.05) is 12.8 Å². The van der Waals surface area contributed by atoms with Gasteiger partial charge in [0.2, 0.25) is 5.91 Å². The maximum Gasteiger partial charge on any atom is 0.472 e. The van der Waals surface area contributed by atoms with Crippen LogP contribution in [0.2, 0.25) is 0 Å². The van der Waals surface area contributed by atoms with E-state index in [1.807, 2.05) is 33.3 Å². The molecule has 0 bridgehead atoms. The van der Waals surface area contributed by atoms with Gasteiger partial charge in [-0.05, 0) is 115 Å². The Morgan fingerprint density at radius 1 is 0.404 bits per heavy atom. The summed E-state index contributed by atoms with van der Waals surface area (Å²) >= 11 is 0. The van der Waals surface area contributed by atoms with Crippen LogP contribution in [0.4, 0.5) is 0 Å². The number of hydrogen-bond acceptors (Lipinski definition) is 6. The Balaban J connectivity index is 5.07. The Kier molecular flexibility index (Phi) is 65.0. The lowest BCUT2D eigenvalue weighted by atomic mass is 10.0. The van der Waals surface area contributed by atoms with Gasteiger partial charge in [-0.25, -0.2) is 4.57 Å². The van der Waals surface area contributed by atoms with E-state index in [-0.39, 0.29) is 31.5 Å². The summed E-state index contributed by atoms with van der Waals surface area (Å²) in [5, 5.41) is 3.07. The fourth-order valence-electron chi connectivity index (χ4n) is 10.5. The molecule has 0 saturated carbocycles. The maximum absolute atomic E-state index is 13.6. The first-order valence-electron chi connectivity index (χ1n) is 37.2. The lowest BCUT2D eigenvalue weighted by Crippen LogP contribution is -2.47. The minimum atomic E-state index is -4.47. The molecule has 1 amide bonds. The highest BCUT2D eigenvalue weighted by molar-refractivity contribution is 7.47. The van der Waals surface area contributed by atoms with Crippen LogP contribution in [0, 0.1) is 0 Å². The van der Waals surface area contributed by atoms with E-state index in [2.05, 4.69) is 123 Å². The van der Waals surface area contributed by atoms with Crippen LogP contribution in [-0.2, 0) is 27.9 Å². The molecule has 0 fully saturated rings. The van der Waals surface area contributed by atoms with E-state index in [0.717, 1.165) is 116 Å². The van der Waals surface area contributed by atoms with Crippen LogP contribution in [0.3, 0.4) is 0 Å². The van der Waals surface area contributed by atoms with Crippen LogP contribution in [0.25, 0.3) is 0 Å². The molecule has 0 saturated heterocycles. The number of carbonyl (C=O) groups excluding carboxylic acids is 2. The Bertz CT molecular complexity index is 1890. The molecule has 514 valence electrons. The second-order valence-corrected chi connectivity index (χ2v) is 27.5. The van der Waals surface area contributed by atoms with Gasteiger partial charge < -0.3 is 19.4 Å². The predicted molar refractivity (Wildman–Crippen MR) is 387 cm³/mol. The fourth-order valence-corrected chi connectivity index (χ4v) is 11.2. The first kappa shape index (κ1) is 85.7. The van der Waals surface area contributed by atoms with Crippen molar-refractivity contribution in [1.29, 1.82) is 0 Å². The number of rotatable bonds is 67. The zero-order chi connectivity index (χ0) is 64.9. The number of allylic oxidation sites excluding steroid dienone is 17. The van der Waals surface area contributed by atoms with Crippen LogP contribution in [0.1, 0.15) is 329 Å². The molecule has 9 nitrogen and oxygen atoms in total. The van der Waals surface area contributed by atoms with E-state index in [0.29, 0.717) is 17.4 Å². The van der Waals surface area contributed by atoms with Gasteiger partial charge in [-0.3, -0.25) is 18.6 Å². The summed E-state index contributed by atoms with van der Waals surface area (Å²) < 4.78 is 30.9. The van der Waals surface area contributed by atoms with Gasteiger partial charge >= 0.3 is 13.8 Å². The van der Waals surface area contributed by atoms with E-state index >= 15 is 0 Å². The van der Waals surface area contributed by atoms with Crippen molar-refractivity contribution in [2.45, 2.75) is 341 Å². The number of phosphoric acid groups is 1. The molecular formula is C79H142N2O7P+. The lowest BCUT2D eigenvalue weighted by molar-refractivity contribution is -0.870. The van der Waals surface area contributed by atoms with Gasteiger partial charge in [-0.1, -0.05) is 310 Å². The highest BCUT2D eigenvalue weighted by Crippen LogP contribution is 2.43. The summed E-state index contributed by atoms with van der Waals surface area (Å²) in [6.07, 6.45) is 93.9. The number of likely N-dealkylation sites (N-methyl/N-ethyl adjacent to an activating group) is 1. The minimum Gasteiger partial charge on any atom is -0.456 e. The molecule has 10 heteroatoms. The molecule has 0 radical (unpaired) electrons. The highest BCUT2D eigenvalue weighted by Gasteiger charge is 2.30. The number of hydrogen-bond donors (Lipinski definition) is 2. The molecular weight excluding hydrogens is 1120 g/mol. The summed E-state index contributed by atoms with van der Waals surface area (Å²) in [6, 6.07) is -0.862. The third-order valence-corrected chi connectivity index (χ3v) is 17.2. The number of esters is 1. The van der Waals surface area contributed by atoms with E-state index in [4.69, 9.17) is 13.8 Å². The van der Waals surface area contributed by atoms with Crippen LogP contribution in [0.5, 0.6) is 0 Å².